The molecule has 0 aliphatic rings. The van der Waals surface area contributed by atoms with Crippen molar-refractivity contribution in [2.24, 2.45) is 0 Å². The molecule has 0 saturated carbocycles. The second kappa shape index (κ2) is 5.93. The van der Waals surface area contributed by atoms with Crippen molar-refractivity contribution in [1.82, 2.24) is 4.98 Å². The van der Waals surface area contributed by atoms with E-state index < -0.39 is 15.0 Å². The highest BCUT2D eigenvalue weighted by atomic mass is 32.2. The van der Waals surface area contributed by atoms with Crippen molar-refractivity contribution >= 4 is 26.9 Å². The smallest absolute Gasteiger partial charge is 0.308 e. The number of non-ortho nitro benzene ring substituents is 1. The van der Waals surface area contributed by atoms with Crippen molar-refractivity contribution < 1.29 is 21.9 Å². The Morgan fingerprint density at radius 2 is 2.00 bits per heavy atom. The second-order valence-corrected chi connectivity index (χ2v) is 6.71. The molecule has 0 fully saturated rings. The third-order valence-corrected chi connectivity index (χ3v) is 4.41. The highest BCUT2D eigenvalue weighted by Crippen LogP contribution is 2.35. The fourth-order valence-corrected chi connectivity index (χ4v) is 2.59. The summed E-state index contributed by atoms with van der Waals surface area (Å²) in [6.45, 7) is 1.43. The maximum Gasteiger partial charge on any atom is 0.308 e. The fraction of sp³-hybridized carbons (Fsp3) is 0.133. The Morgan fingerprint density at radius 3 is 2.67 bits per heavy atom. The van der Waals surface area contributed by atoms with Gasteiger partial charge < -0.3 is 8.60 Å². The number of para-hydroxylation sites is 2. The molecule has 0 unspecified atom stereocenters. The van der Waals surface area contributed by atoms with Gasteiger partial charge in [-0.05, 0) is 25.1 Å². The lowest BCUT2D eigenvalue weighted by molar-refractivity contribution is -0.384. The lowest BCUT2D eigenvalue weighted by Crippen LogP contribution is -2.12. The Kier molecular flexibility index (Phi) is 3.94. The van der Waals surface area contributed by atoms with Crippen LogP contribution in [0.25, 0.3) is 22.6 Å². The zero-order valence-electron chi connectivity index (χ0n) is 12.5. The van der Waals surface area contributed by atoms with Crippen LogP contribution < -0.4 is 4.18 Å². The van der Waals surface area contributed by atoms with Gasteiger partial charge >= 0.3 is 10.1 Å². The van der Waals surface area contributed by atoms with Crippen LogP contribution in [0.1, 0.15) is 6.92 Å². The quantitative estimate of drug-likeness (QED) is 0.395. The second-order valence-electron chi connectivity index (χ2n) is 4.85. The molecular weight excluding hydrogens is 336 g/mol. The van der Waals surface area contributed by atoms with Crippen molar-refractivity contribution in [3.63, 3.8) is 0 Å². The minimum absolute atomic E-state index is 0.0428. The first kappa shape index (κ1) is 15.9. The molecule has 8 nitrogen and oxygen atoms in total. The third kappa shape index (κ3) is 3.06. The SMILES string of the molecule is CCS(=O)(=O)Oc1ccc([N+](=O)[O-])cc1-c1nc2ccccc2o1. The minimum atomic E-state index is -3.81. The Balaban J connectivity index is 2.18. The Hall–Kier alpha value is -2.94. The van der Waals surface area contributed by atoms with E-state index in [9.17, 15) is 18.5 Å². The first-order chi connectivity index (χ1) is 11.4. The molecule has 0 saturated heterocycles. The summed E-state index contributed by atoms with van der Waals surface area (Å²) in [6.07, 6.45) is 0. The summed E-state index contributed by atoms with van der Waals surface area (Å²) in [5.74, 6) is -0.271. The molecule has 1 heterocycles. The predicted molar refractivity (Wildman–Crippen MR) is 86.2 cm³/mol. The van der Waals surface area contributed by atoms with E-state index >= 15 is 0 Å². The normalized spacial score (nSPS) is 11.5. The molecule has 0 aliphatic heterocycles. The maximum absolute atomic E-state index is 11.7. The third-order valence-electron chi connectivity index (χ3n) is 3.27. The van der Waals surface area contributed by atoms with Crippen LogP contribution in [0.4, 0.5) is 5.69 Å². The molecule has 3 aromatic rings. The van der Waals surface area contributed by atoms with Gasteiger partial charge in [-0.25, -0.2) is 4.98 Å². The number of nitrogens with zero attached hydrogens (tertiary/aromatic N) is 2. The number of nitro benzene ring substituents is 1. The van der Waals surface area contributed by atoms with Crippen LogP contribution in [0.3, 0.4) is 0 Å². The molecule has 0 radical (unpaired) electrons. The predicted octanol–water partition coefficient (Wildman–Crippen LogP) is 3.13. The molecule has 0 aliphatic carbocycles. The van der Waals surface area contributed by atoms with Gasteiger partial charge in [-0.15, -0.1) is 0 Å². The Bertz CT molecular complexity index is 992. The molecule has 0 spiro atoms. The summed E-state index contributed by atoms with van der Waals surface area (Å²) in [7, 11) is -3.81. The van der Waals surface area contributed by atoms with Crippen molar-refractivity contribution in [3.05, 3.63) is 52.6 Å². The number of hydrogen-bond donors (Lipinski definition) is 0. The lowest BCUT2D eigenvalue weighted by Gasteiger charge is -2.08. The first-order valence-electron chi connectivity index (χ1n) is 6.96. The fourth-order valence-electron chi connectivity index (χ4n) is 2.05. The highest BCUT2D eigenvalue weighted by molar-refractivity contribution is 7.87. The highest BCUT2D eigenvalue weighted by Gasteiger charge is 2.21. The lowest BCUT2D eigenvalue weighted by atomic mass is 10.2. The molecule has 9 heteroatoms. The molecular formula is C15H12N2O6S. The van der Waals surface area contributed by atoms with Gasteiger partial charge in [0.25, 0.3) is 5.69 Å². The maximum atomic E-state index is 11.7. The van der Waals surface area contributed by atoms with Crippen molar-refractivity contribution in [3.8, 4) is 17.2 Å². The van der Waals surface area contributed by atoms with Gasteiger partial charge in [0.05, 0.1) is 16.2 Å². The standard InChI is InChI=1S/C15H12N2O6S/c1-2-24(20,21)23-13-8-7-10(17(18)19)9-11(13)15-16-12-5-3-4-6-14(12)22-15/h3-9H,2H2,1H3. The molecule has 24 heavy (non-hydrogen) atoms. The molecule has 2 aromatic carbocycles. The summed E-state index contributed by atoms with van der Waals surface area (Å²) in [5, 5.41) is 11.0. The van der Waals surface area contributed by atoms with Crippen molar-refractivity contribution in [2.45, 2.75) is 6.92 Å². The van der Waals surface area contributed by atoms with Crippen LogP contribution in [-0.4, -0.2) is 24.1 Å². The van der Waals surface area contributed by atoms with E-state index in [1.165, 1.54) is 19.1 Å². The van der Waals surface area contributed by atoms with Gasteiger partial charge in [0.15, 0.2) is 11.3 Å². The van der Waals surface area contributed by atoms with E-state index in [4.69, 9.17) is 8.60 Å². The van der Waals surface area contributed by atoms with Gasteiger partial charge in [-0.3, -0.25) is 10.1 Å². The first-order valence-corrected chi connectivity index (χ1v) is 8.54. The van der Waals surface area contributed by atoms with Crippen LogP contribution in [0.2, 0.25) is 0 Å². The van der Waals surface area contributed by atoms with Crippen LogP contribution >= 0.6 is 0 Å². The van der Waals surface area contributed by atoms with Crippen molar-refractivity contribution in [1.29, 1.82) is 0 Å². The van der Waals surface area contributed by atoms with Gasteiger partial charge in [0.1, 0.15) is 5.52 Å². The Labute approximate surface area is 137 Å². The number of nitro groups is 1. The minimum Gasteiger partial charge on any atom is -0.436 e. The number of hydrogen-bond acceptors (Lipinski definition) is 7. The summed E-state index contributed by atoms with van der Waals surface area (Å²) in [5.41, 5.74) is 0.887. The molecule has 124 valence electrons. The molecule has 0 bridgehead atoms. The van der Waals surface area contributed by atoms with Crippen LogP contribution in [0.15, 0.2) is 46.9 Å². The number of oxazole rings is 1. The molecule has 3 rings (SSSR count). The van der Waals surface area contributed by atoms with E-state index in [2.05, 4.69) is 4.98 Å². The van der Waals surface area contributed by atoms with Gasteiger partial charge in [-0.2, -0.15) is 8.42 Å². The van der Waals surface area contributed by atoms with E-state index in [1.54, 1.807) is 24.3 Å². The van der Waals surface area contributed by atoms with Crippen LogP contribution in [0.5, 0.6) is 5.75 Å². The number of benzene rings is 2. The molecule has 1 aromatic heterocycles. The van der Waals surface area contributed by atoms with E-state index in [0.717, 1.165) is 6.07 Å². The molecule has 0 amide bonds. The number of aromatic nitrogens is 1. The summed E-state index contributed by atoms with van der Waals surface area (Å²) < 4.78 is 34.1. The van der Waals surface area contributed by atoms with Gasteiger partial charge in [0, 0.05) is 12.1 Å². The Morgan fingerprint density at radius 1 is 1.25 bits per heavy atom. The van der Waals surface area contributed by atoms with Gasteiger partial charge in [-0.1, -0.05) is 12.1 Å². The molecule has 0 N–H and O–H groups in total. The topological polar surface area (TPSA) is 113 Å². The van der Waals surface area contributed by atoms with E-state index in [0.29, 0.717) is 11.1 Å². The largest absolute Gasteiger partial charge is 0.436 e. The van der Waals surface area contributed by atoms with Crippen LogP contribution in [0, 0.1) is 10.1 Å². The number of fused-ring (bicyclic) bond motifs is 1. The zero-order chi connectivity index (χ0) is 17.3. The molecule has 0 atom stereocenters. The van der Waals surface area contributed by atoms with E-state index in [1.807, 2.05) is 0 Å². The monoisotopic (exact) mass is 348 g/mol. The zero-order valence-corrected chi connectivity index (χ0v) is 13.3. The summed E-state index contributed by atoms with van der Waals surface area (Å²) in [4.78, 5) is 14.6. The average molecular weight is 348 g/mol. The van der Waals surface area contributed by atoms with Crippen molar-refractivity contribution in [2.75, 3.05) is 5.75 Å². The van der Waals surface area contributed by atoms with E-state index in [-0.39, 0.29) is 28.6 Å². The number of rotatable bonds is 5. The average Bonchev–Trinajstić information content (AvgIpc) is 2.98. The van der Waals surface area contributed by atoms with Gasteiger partial charge in [0.2, 0.25) is 5.89 Å². The summed E-state index contributed by atoms with van der Waals surface area (Å²) >= 11 is 0. The van der Waals surface area contributed by atoms with Crippen LogP contribution in [-0.2, 0) is 10.1 Å². The summed E-state index contributed by atoms with van der Waals surface area (Å²) in [6, 6.07) is 10.5.